The van der Waals surface area contributed by atoms with Crippen molar-refractivity contribution in [3.8, 4) is 0 Å². The van der Waals surface area contributed by atoms with E-state index in [2.05, 4.69) is 25.9 Å². The number of hydrogen-bond donors (Lipinski definition) is 4. The number of aliphatic hydroxyl groups is 1. The fourth-order valence-electron chi connectivity index (χ4n) is 7.05. The van der Waals surface area contributed by atoms with Crippen molar-refractivity contribution in [3.05, 3.63) is 47.8 Å². The summed E-state index contributed by atoms with van der Waals surface area (Å²) < 4.78 is 6.90. The Balaban J connectivity index is 1.47. The van der Waals surface area contributed by atoms with Gasteiger partial charge in [0.25, 0.3) is 11.8 Å². The number of carbonyl (C=O) groups is 5. The van der Waals surface area contributed by atoms with Gasteiger partial charge < -0.3 is 31.1 Å². The van der Waals surface area contributed by atoms with E-state index in [4.69, 9.17) is 10.5 Å². The average molecular weight is 679 g/mol. The summed E-state index contributed by atoms with van der Waals surface area (Å²) in [5.41, 5.74) is 3.76. The van der Waals surface area contributed by atoms with Gasteiger partial charge in [0.15, 0.2) is 0 Å². The van der Waals surface area contributed by atoms with Crippen LogP contribution in [-0.2, 0) is 36.1 Å². The van der Waals surface area contributed by atoms with Crippen molar-refractivity contribution in [3.63, 3.8) is 0 Å². The van der Waals surface area contributed by atoms with Crippen LogP contribution in [0.4, 0.5) is 4.79 Å². The molecule has 5 N–H and O–H groups in total. The van der Waals surface area contributed by atoms with Crippen molar-refractivity contribution in [2.45, 2.75) is 101 Å². The van der Waals surface area contributed by atoms with E-state index in [0.717, 1.165) is 37.7 Å². The molecule has 1 aliphatic carbocycles. The topological polar surface area (TPSA) is 211 Å². The van der Waals surface area contributed by atoms with Gasteiger partial charge in [0, 0.05) is 45.6 Å². The fourth-order valence-corrected chi connectivity index (χ4v) is 7.05. The molecule has 3 aliphatic rings. The van der Waals surface area contributed by atoms with Crippen LogP contribution in [0.1, 0.15) is 88.9 Å². The molecule has 0 bridgehead atoms. The van der Waals surface area contributed by atoms with E-state index in [1.54, 1.807) is 13.8 Å². The molecule has 264 valence electrons. The molecule has 2 atom stereocenters. The second-order valence-electron chi connectivity index (χ2n) is 13.8. The first-order valence-electron chi connectivity index (χ1n) is 17.0. The van der Waals surface area contributed by atoms with E-state index in [1.807, 2.05) is 30.3 Å². The predicted octanol–water partition coefficient (Wildman–Crippen LogP) is 1.69. The lowest BCUT2D eigenvalue weighted by Crippen LogP contribution is -2.63. The molecule has 3 fully saturated rings. The van der Waals surface area contributed by atoms with Crippen LogP contribution < -0.4 is 16.4 Å². The highest BCUT2D eigenvalue weighted by Crippen LogP contribution is 2.34. The second-order valence-corrected chi connectivity index (χ2v) is 13.8. The Bertz CT molecular complexity index is 1560. The Morgan fingerprint density at radius 1 is 1.08 bits per heavy atom. The van der Waals surface area contributed by atoms with Gasteiger partial charge in [0.05, 0.1) is 17.9 Å². The molecule has 15 heteroatoms. The van der Waals surface area contributed by atoms with E-state index in [-0.39, 0.29) is 63.6 Å². The summed E-state index contributed by atoms with van der Waals surface area (Å²) in [4.78, 5) is 72.7. The minimum absolute atomic E-state index is 0.0153. The predicted molar refractivity (Wildman–Crippen MR) is 177 cm³/mol. The number of carbonyl (C=O) groups excluding carboxylic acids is 5. The molecule has 1 aromatic carbocycles. The number of benzene rings is 1. The van der Waals surface area contributed by atoms with E-state index in [0.29, 0.717) is 5.69 Å². The number of hydrogen-bond acceptors (Lipinski definition) is 9. The minimum Gasteiger partial charge on any atom is -0.384 e. The van der Waals surface area contributed by atoms with Crippen LogP contribution in [0.2, 0.25) is 0 Å². The van der Waals surface area contributed by atoms with Crippen LogP contribution in [0.3, 0.4) is 0 Å². The number of aromatic nitrogens is 3. The maximum absolute atomic E-state index is 14.5. The third kappa shape index (κ3) is 8.57. The largest absolute Gasteiger partial charge is 0.384 e. The minimum atomic E-state index is -1.59. The zero-order chi connectivity index (χ0) is 35.2. The summed E-state index contributed by atoms with van der Waals surface area (Å²) in [5, 5.41) is 24.5. The lowest BCUT2D eigenvalue weighted by atomic mass is 9.84. The molecule has 5 rings (SSSR count). The normalized spacial score (nSPS) is 21.6. The number of nitrogens with one attached hydrogen (secondary N) is 2. The molecule has 2 aliphatic heterocycles. The SMILES string of the molecule is CC(C)(O)c1cnnn1[C@H]1C[C@@H](C(=O)NC2(C(=O)C(N)=O)CCOCC2)N(C(=O)C(CC2CCCCC2)=NC(=O)NCc2ccccc2)C1. The zero-order valence-electron chi connectivity index (χ0n) is 28.1. The van der Waals surface area contributed by atoms with Gasteiger partial charge in [-0.25, -0.2) is 9.48 Å². The number of ether oxygens (including phenoxy) is 1. The molecule has 2 aromatic rings. The third-order valence-electron chi connectivity index (χ3n) is 9.73. The molecule has 15 nitrogen and oxygen atoms in total. The van der Waals surface area contributed by atoms with E-state index in [1.165, 1.54) is 15.8 Å². The lowest BCUT2D eigenvalue weighted by molar-refractivity contribution is -0.146. The Hall–Kier alpha value is -4.50. The summed E-state index contributed by atoms with van der Waals surface area (Å²) >= 11 is 0. The van der Waals surface area contributed by atoms with E-state index in [9.17, 15) is 29.1 Å². The average Bonchev–Trinajstić information content (AvgIpc) is 3.76. The summed E-state index contributed by atoms with van der Waals surface area (Å²) in [5.74, 6) is -3.23. The molecule has 5 amide bonds. The smallest absolute Gasteiger partial charge is 0.341 e. The van der Waals surface area contributed by atoms with Crippen molar-refractivity contribution < 1.29 is 33.8 Å². The van der Waals surface area contributed by atoms with Gasteiger partial charge in [-0.15, -0.1) is 5.10 Å². The molecule has 2 saturated heterocycles. The number of aliphatic imine (C=N–C) groups is 1. The van der Waals surface area contributed by atoms with Gasteiger partial charge in [0.1, 0.15) is 22.9 Å². The van der Waals surface area contributed by atoms with Gasteiger partial charge in [-0.1, -0.05) is 67.6 Å². The quantitative estimate of drug-likeness (QED) is 0.201. The highest BCUT2D eigenvalue weighted by Gasteiger charge is 2.49. The monoisotopic (exact) mass is 678 g/mol. The number of likely N-dealkylation sites (tertiary alicyclic amines) is 1. The summed E-state index contributed by atoms with van der Waals surface area (Å²) in [7, 11) is 0. The van der Waals surface area contributed by atoms with Crippen molar-refractivity contribution in [2.24, 2.45) is 16.6 Å². The van der Waals surface area contributed by atoms with E-state index < -0.39 is 52.8 Å². The molecule has 1 aromatic heterocycles. The van der Waals surface area contributed by atoms with Gasteiger partial charge in [-0.05, 0) is 31.7 Å². The molecule has 49 heavy (non-hydrogen) atoms. The standard InChI is InChI=1S/C34H46N8O7/c1-33(2,48)27-20-37-40-42(27)24-18-26(30(45)39-34(28(43)29(35)44)13-15-49-16-14-34)41(21-24)31(46)25(17-22-9-5-3-6-10-22)38-32(47)36-19-23-11-7-4-8-12-23/h4,7-8,11-12,20,22,24,26,48H,3,5-6,9-10,13-19,21H2,1-2H3,(H2,35,44)(H,36,47)(H,39,45)/t24-,26-/m0/s1. The highest BCUT2D eigenvalue weighted by molar-refractivity contribution is 6.41. The second kappa shape index (κ2) is 15.4. The Labute approximate surface area is 285 Å². The number of Topliss-reactive ketones (excluding diaryl/α,β-unsaturated/α-hetero) is 1. The number of ketones is 1. The van der Waals surface area contributed by atoms with Crippen molar-refractivity contribution in [1.82, 2.24) is 30.5 Å². The number of urea groups is 1. The van der Waals surface area contributed by atoms with Gasteiger partial charge in [0.2, 0.25) is 11.7 Å². The number of nitrogens with zero attached hydrogens (tertiary/aromatic N) is 5. The highest BCUT2D eigenvalue weighted by atomic mass is 16.5. The first-order chi connectivity index (χ1) is 23.4. The van der Waals surface area contributed by atoms with Crippen LogP contribution in [0.5, 0.6) is 0 Å². The number of nitrogens with two attached hydrogens (primary N) is 1. The molecule has 0 unspecified atom stereocenters. The summed E-state index contributed by atoms with van der Waals surface area (Å²) in [6, 6.07) is 6.92. The molecule has 0 spiro atoms. The molecule has 3 heterocycles. The van der Waals surface area contributed by atoms with Crippen LogP contribution in [-0.4, -0.2) is 91.6 Å². The Morgan fingerprint density at radius 3 is 2.43 bits per heavy atom. The number of amides is 5. The first-order valence-corrected chi connectivity index (χ1v) is 17.0. The number of primary amides is 1. The van der Waals surface area contributed by atoms with Crippen LogP contribution >= 0.6 is 0 Å². The molecular weight excluding hydrogens is 632 g/mol. The van der Waals surface area contributed by atoms with Crippen molar-refractivity contribution in [2.75, 3.05) is 19.8 Å². The third-order valence-corrected chi connectivity index (χ3v) is 9.73. The van der Waals surface area contributed by atoms with Crippen molar-refractivity contribution in [1.29, 1.82) is 0 Å². The molecule has 0 radical (unpaired) electrons. The van der Waals surface area contributed by atoms with Crippen LogP contribution in [0.15, 0.2) is 41.5 Å². The maximum atomic E-state index is 14.5. The van der Waals surface area contributed by atoms with Crippen LogP contribution in [0.25, 0.3) is 0 Å². The number of rotatable bonds is 11. The molecule has 1 saturated carbocycles. The summed E-state index contributed by atoms with van der Waals surface area (Å²) in [6.07, 6.45) is 6.70. The Morgan fingerprint density at radius 2 is 1.78 bits per heavy atom. The fraction of sp³-hybridized carbons (Fsp3) is 0.588. The van der Waals surface area contributed by atoms with Crippen molar-refractivity contribution >= 4 is 35.2 Å². The van der Waals surface area contributed by atoms with Crippen LogP contribution in [0, 0.1) is 5.92 Å². The van der Waals surface area contributed by atoms with Gasteiger partial charge in [-0.2, -0.15) is 4.99 Å². The maximum Gasteiger partial charge on any atom is 0.341 e. The van der Waals surface area contributed by atoms with E-state index >= 15 is 0 Å². The van der Waals surface area contributed by atoms with Gasteiger partial charge in [-0.3, -0.25) is 19.2 Å². The first kappa shape index (κ1) is 35.8. The zero-order valence-corrected chi connectivity index (χ0v) is 28.1. The Kier molecular flexibility index (Phi) is 11.2. The van der Waals surface area contributed by atoms with Gasteiger partial charge >= 0.3 is 6.03 Å². The lowest BCUT2D eigenvalue weighted by Gasteiger charge is -2.37. The summed E-state index contributed by atoms with van der Waals surface area (Å²) in [6.45, 7) is 3.61. The molecular formula is C34H46N8O7.